The Morgan fingerprint density at radius 1 is 1.15 bits per heavy atom. The summed E-state index contributed by atoms with van der Waals surface area (Å²) >= 11 is 12.0. The first-order chi connectivity index (χ1) is 12.4. The maximum Gasteiger partial charge on any atom is 0.229 e. The summed E-state index contributed by atoms with van der Waals surface area (Å²) in [4.78, 5) is 26.7. The summed E-state index contributed by atoms with van der Waals surface area (Å²) < 4.78 is 0. The molecule has 0 spiro atoms. The monoisotopic (exact) mass is 390 g/mol. The largest absolute Gasteiger partial charge is 0.326 e. The zero-order valence-electron chi connectivity index (χ0n) is 14.6. The Kier molecular flexibility index (Phi) is 5.54. The Balaban J connectivity index is 1.74. The van der Waals surface area contributed by atoms with Crippen molar-refractivity contribution < 1.29 is 9.59 Å². The summed E-state index contributed by atoms with van der Waals surface area (Å²) in [6, 6.07) is 12.8. The van der Waals surface area contributed by atoms with E-state index in [4.69, 9.17) is 23.2 Å². The summed E-state index contributed by atoms with van der Waals surface area (Å²) in [7, 11) is 0. The molecule has 1 aliphatic rings. The van der Waals surface area contributed by atoms with Crippen LogP contribution in [0.5, 0.6) is 0 Å². The molecule has 26 heavy (non-hydrogen) atoms. The van der Waals surface area contributed by atoms with Gasteiger partial charge in [0.2, 0.25) is 11.8 Å². The van der Waals surface area contributed by atoms with Crippen LogP contribution in [0.15, 0.2) is 42.5 Å². The van der Waals surface area contributed by atoms with Crippen LogP contribution < -0.4 is 10.2 Å². The Labute approximate surface area is 163 Å². The molecule has 3 rings (SSSR count). The molecule has 0 aliphatic carbocycles. The number of para-hydroxylation sites is 1. The van der Waals surface area contributed by atoms with Crippen LogP contribution in [0, 0.1) is 5.92 Å². The molecular weight excluding hydrogens is 371 g/mol. The second-order valence-corrected chi connectivity index (χ2v) is 7.55. The average molecular weight is 391 g/mol. The van der Waals surface area contributed by atoms with E-state index < -0.39 is 5.92 Å². The second-order valence-electron chi connectivity index (χ2n) is 6.74. The number of anilines is 2. The molecule has 4 nitrogen and oxygen atoms in total. The van der Waals surface area contributed by atoms with E-state index in [1.165, 1.54) is 0 Å². The molecule has 1 N–H and O–H groups in total. The van der Waals surface area contributed by atoms with E-state index in [2.05, 4.69) is 19.2 Å². The van der Waals surface area contributed by atoms with Gasteiger partial charge in [-0.2, -0.15) is 0 Å². The van der Waals surface area contributed by atoms with E-state index in [1.54, 1.807) is 23.1 Å². The molecule has 1 atom stereocenters. The fourth-order valence-electron chi connectivity index (χ4n) is 3.13. The lowest BCUT2D eigenvalue weighted by molar-refractivity contribution is -0.122. The first-order valence-corrected chi connectivity index (χ1v) is 9.27. The van der Waals surface area contributed by atoms with E-state index in [0.717, 1.165) is 11.3 Å². The van der Waals surface area contributed by atoms with Gasteiger partial charge in [0.05, 0.1) is 16.0 Å². The van der Waals surface area contributed by atoms with Crippen LogP contribution in [-0.4, -0.2) is 18.4 Å². The first kappa shape index (κ1) is 18.7. The van der Waals surface area contributed by atoms with Crippen molar-refractivity contribution in [2.45, 2.75) is 26.2 Å². The van der Waals surface area contributed by atoms with Crippen molar-refractivity contribution in [3.05, 3.63) is 58.1 Å². The molecular formula is C20H20Cl2N2O2. The van der Waals surface area contributed by atoms with E-state index in [1.807, 2.05) is 24.3 Å². The van der Waals surface area contributed by atoms with Gasteiger partial charge < -0.3 is 10.2 Å². The van der Waals surface area contributed by atoms with Crippen molar-refractivity contribution in [2.75, 3.05) is 16.8 Å². The van der Waals surface area contributed by atoms with Crippen molar-refractivity contribution in [3.8, 4) is 0 Å². The highest BCUT2D eigenvalue weighted by molar-refractivity contribution is 6.42. The maximum absolute atomic E-state index is 12.7. The van der Waals surface area contributed by atoms with Crippen molar-refractivity contribution in [3.63, 3.8) is 0 Å². The van der Waals surface area contributed by atoms with Crippen LogP contribution >= 0.6 is 23.2 Å². The first-order valence-electron chi connectivity index (χ1n) is 8.52. The van der Waals surface area contributed by atoms with Gasteiger partial charge in [0.25, 0.3) is 0 Å². The molecule has 0 aromatic heterocycles. The molecule has 6 heteroatoms. The number of benzene rings is 2. The molecule has 1 fully saturated rings. The highest BCUT2D eigenvalue weighted by Crippen LogP contribution is 2.32. The third-order valence-corrected chi connectivity index (χ3v) is 5.29. The van der Waals surface area contributed by atoms with Crippen LogP contribution in [0.3, 0.4) is 0 Å². The van der Waals surface area contributed by atoms with Crippen LogP contribution in [0.25, 0.3) is 0 Å². The molecule has 2 amide bonds. The van der Waals surface area contributed by atoms with E-state index in [-0.39, 0.29) is 18.2 Å². The molecule has 1 aliphatic heterocycles. The van der Waals surface area contributed by atoms with Crippen molar-refractivity contribution in [1.29, 1.82) is 0 Å². The van der Waals surface area contributed by atoms with Gasteiger partial charge in [-0.25, -0.2) is 0 Å². The van der Waals surface area contributed by atoms with Crippen LogP contribution in [-0.2, 0) is 9.59 Å². The molecule has 0 bridgehead atoms. The molecule has 1 saturated heterocycles. The molecule has 1 heterocycles. The van der Waals surface area contributed by atoms with E-state index in [9.17, 15) is 9.59 Å². The van der Waals surface area contributed by atoms with Gasteiger partial charge in [-0.15, -0.1) is 0 Å². The van der Waals surface area contributed by atoms with E-state index in [0.29, 0.717) is 28.2 Å². The lowest BCUT2D eigenvalue weighted by atomic mass is 10.0. The number of amides is 2. The summed E-state index contributed by atoms with van der Waals surface area (Å²) in [6.07, 6.45) is 0.177. The minimum atomic E-state index is -0.405. The standard InChI is InChI=1S/C20H20Cl2N2O2/c1-12(2)15-5-3-4-6-18(15)23-20(26)13-9-19(25)24(11-13)14-7-8-16(21)17(22)10-14/h3-8,10,12-13H,9,11H2,1-2H3,(H,23,26). The number of nitrogens with one attached hydrogen (secondary N) is 1. The SMILES string of the molecule is CC(C)c1ccccc1NC(=O)C1CC(=O)N(c2ccc(Cl)c(Cl)c2)C1. The second kappa shape index (κ2) is 7.68. The summed E-state index contributed by atoms with van der Waals surface area (Å²) in [5, 5.41) is 3.80. The topological polar surface area (TPSA) is 49.4 Å². The smallest absolute Gasteiger partial charge is 0.229 e. The number of carbonyl (C=O) groups excluding carboxylic acids is 2. The Morgan fingerprint density at radius 3 is 2.58 bits per heavy atom. The normalized spacial score (nSPS) is 17.0. The number of rotatable bonds is 4. The van der Waals surface area contributed by atoms with Gasteiger partial charge in [0, 0.05) is 24.3 Å². The van der Waals surface area contributed by atoms with Gasteiger partial charge in [-0.1, -0.05) is 55.2 Å². The molecule has 136 valence electrons. The Bertz CT molecular complexity index is 851. The zero-order chi connectivity index (χ0) is 18.8. The average Bonchev–Trinajstić information content (AvgIpc) is 2.99. The quantitative estimate of drug-likeness (QED) is 0.788. The minimum Gasteiger partial charge on any atom is -0.326 e. The Morgan fingerprint density at radius 2 is 1.88 bits per heavy atom. The molecule has 2 aromatic rings. The third-order valence-electron chi connectivity index (χ3n) is 4.55. The lowest BCUT2D eigenvalue weighted by Crippen LogP contribution is -2.28. The highest BCUT2D eigenvalue weighted by Gasteiger charge is 2.35. The minimum absolute atomic E-state index is 0.0966. The van der Waals surface area contributed by atoms with E-state index >= 15 is 0 Å². The van der Waals surface area contributed by atoms with Crippen LogP contribution in [0.4, 0.5) is 11.4 Å². The number of halogens is 2. The fourth-order valence-corrected chi connectivity index (χ4v) is 3.43. The molecule has 0 radical (unpaired) electrons. The Hall–Kier alpha value is -2.04. The molecule has 2 aromatic carbocycles. The predicted molar refractivity (Wildman–Crippen MR) is 106 cm³/mol. The van der Waals surface area contributed by atoms with Crippen molar-refractivity contribution in [1.82, 2.24) is 0 Å². The lowest BCUT2D eigenvalue weighted by Gasteiger charge is -2.18. The fraction of sp³-hybridized carbons (Fsp3) is 0.300. The number of carbonyl (C=O) groups is 2. The van der Waals surface area contributed by atoms with Crippen LogP contribution in [0.2, 0.25) is 10.0 Å². The van der Waals surface area contributed by atoms with Gasteiger partial charge in [0.15, 0.2) is 0 Å². The van der Waals surface area contributed by atoms with Gasteiger partial charge in [-0.3, -0.25) is 9.59 Å². The van der Waals surface area contributed by atoms with Gasteiger partial charge in [-0.05, 0) is 35.7 Å². The summed E-state index contributed by atoms with van der Waals surface area (Å²) in [6.45, 7) is 4.48. The highest BCUT2D eigenvalue weighted by atomic mass is 35.5. The van der Waals surface area contributed by atoms with Gasteiger partial charge >= 0.3 is 0 Å². The molecule has 0 saturated carbocycles. The van der Waals surface area contributed by atoms with Crippen molar-refractivity contribution >= 4 is 46.4 Å². The molecule has 1 unspecified atom stereocenters. The predicted octanol–water partition coefficient (Wildman–Crippen LogP) is 5.11. The van der Waals surface area contributed by atoms with Crippen molar-refractivity contribution in [2.24, 2.45) is 5.92 Å². The zero-order valence-corrected chi connectivity index (χ0v) is 16.1. The maximum atomic E-state index is 12.7. The number of hydrogen-bond donors (Lipinski definition) is 1. The number of hydrogen-bond acceptors (Lipinski definition) is 2. The van der Waals surface area contributed by atoms with Crippen LogP contribution in [0.1, 0.15) is 31.7 Å². The summed E-state index contributed by atoms with van der Waals surface area (Å²) in [5.74, 6) is -0.351. The summed E-state index contributed by atoms with van der Waals surface area (Å²) in [5.41, 5.74) is 2.53. The van der Waals surface area contributed by atoms with Gasteiger partial charge in [0.1, 0.15) is 0 Å². The number of nitrogens with zero attached hydrogens (tertiary/aromatic N) is 1. The third kappa shape index (κ3) is 3.87.